The van der Waals surface area contributed by atoms with E-state index in [1.165, 1.54) is 6.26 Å². The maximum Gasteiger partial charge on any atom is 0.277 e. The van der Waals surface area contributed by atoms with Crippen molar-refractivity contribution in [3.05, 3.63) is 42.1 Å². The fourth-order valence-electron chi connectivity index (χ4n) is 2.37. The molecule has 0 saturated carbocycles. The lowest BCUT2D eigenvalue weighted by atomic mass is 10.2. The van der Waals surface area contributed by atoms with Gasteiger partial charge in [0.15, 0.2) is 5.69 Å². The molecule has 2 aromatic rings. The number of nitrogens with two attached hydrogens (primary N) is 1. The molecule has 7 heteroatoms. The van der Waals surface area contributed by atoms with Crippen molar-refractivity contribution in [2.24, 2.45) is 5.73 Å². The molecular weight excluding hydrogens is 296 g/mol. The number of hydrogen-bond donors (Lipinski definition) is 2. The molecule has 1 aromatic carbocycles. The molecule has 1 unspecified atom stereocenters. The number of rotatable bonds is 4. The number of amides is 1. The first kappa shape index (κ1) is 15.5. The van der Waals surface area contributed by atoms with Crippen LogP contribution in [0.15, 0.2) is 34.9 Å². The third kappa shape index (κ3) is 3.69. The van der Waals surface area contributed by atoms with Gasteiger partial charge in [0.05, 0.1) is 19.3 Å². The third-order valence-electron chi connectivity index (χ3n) is 3.65. The second-order valence-corrected chi connectivity index (χ2v) is 5.46. The van der Waals surface area contributed by atoms with Gasteiger partial charge in [0.1, 0.15) is 6.26 Å². The molecular formula is C16H20N4O3. The highest BCUT2D eigenvalue weighted by atomic mass is 16.5. The van der Waals surface area contributed by atoms with E-state index in [-0.39, 0.29) is 17.6 Å². The van der Waals surface area contributed by atoms with Crippen LogP contribution in [0.3, 0.4) is 0 Å². The number of nitrogens with zero attached hydrogens (tertiary/aromatic N) is 2. The van der Waals surface area contributed by atoms with Crippen LogP contribution >= 0.6 is 0 Å². The summed E-state index contributed by atoms with van der Waals surface area (Å²) in [5.74, 6) is 0.0255. The van der Waals surface area contributed by atoms with Gasteiger partial charge in [-0.3, -0.25) is 4.79 Å². The molecule has 1 atom stereocenters. The normalized spacial score (nSPS) is 16.2. The first-order valence-corrected chi connectivity index (χ1v) is 7.58. The van der Waals surface area contributed by atoms with Crippen LogP contribution in [0, 0.1) is 0 Å². The molecule has 1 saturated heterocycles. The lowest BCUT2D eigenvalue weighted by Gasteiger charge is -2.28. The first-order chi connectivity index (χ1) is 11.1. The van der Waals surface area contributed by atoms with Gasteiger partial charge in [0.2, 0.25) is 5.89 Å². The Balaban J connectivity index is 1.64. The van der Waals surface area contributed by atoms with Crippen molar-refractivity contribution in [3.63, 3.8) is 0 Å². The highest BCUT2D eigenvalue weighted by Gasteiger charge is 2.15. The topological polar surface area (TPSA) is 93.6 Å². The van der Waals surface area contributed by atoms with E-state index >= 15 is 0 Å². The van der Waals surface area contributed by atoms with Gasteiger partial charge in [0.25, 0.3) is 5.91 Å². The quantitative estimate of drug-likeness (QED) is 0.893. The number of aromatic nitrogens is 1. The fourth-order valence-corrected chi connectivity index (χ4v) is 2.37. The Morgan fingerprint density at radius 3 is 2.61 bits per heavy atom. The number of carbonyl (C=O) groups is 1. The molecule has 122 valence electrons. The standard InChI is InChI=1S/C16H20N4O3/c1-11(17)16-19-14(10-23-16)15(21)18-12-2-4-13(5-3-12)20-6-8-22-9-7-20/h2-5,10-11H,6-9,17H2,1H3,(H,18,21). The van der Waals surface area contributed by atoms with Gasteiger partial charge in [-0.1, -0.05) is 0 Å². The number of ether oxygens (including phenoxy) is 1. The minimum atomic E-state index is -0.343. The predicted molar refractivity (Wildman–Crippen MR) is 86.5 cm³/mol. The zero-order valence-electron chi connectivity index (χ0n) is 13.0. The second-order valence-electron chi connectivity index (χ2n) is 5.46. The Labute approximate surface area is 134 Å². The lowest BCUT2D eigenvalue weighted by Crippen LogP contribution is -2.36. The molecule has 7 nitrogen and oxygen atoms in total. The molecule has 23 heavy (non-hydrogen) atoms. The van der Waals surface area contributed by atoms with Gasteiger partial charge in [-0.2, -0.15) is 0 Å². The second kappa shape index (κ2) is 6.80. The van der Waals surface area contributed by atoms with Gasteiger partial charge >= 0.3 is 0 Å². The summed E-state index contributed by atoms with van der Waals surface area (Å²) in [6, 6.07) is 7.36. The number of hydrogen-bond acceptors (Lipinski definition) is 6. The average Bonchev–Trinajstić information content (AvgIpc) is 3.07. The molecule has 0 radical (unpaired) electrons. The van der Waals surface area contributed by atoms with Crippen LogP contribution in [0.2, 0.25) is 0 Å². The molecule has 0 bridgehead atoms. The Hall–Kier alpha value is -2.38. The molecule has 1 aromatic heterocycles. The van der Waals surface area contributed by atoms with Crippen LogP contribution in [0.5, 0.6) is 0 Å². The zero-order chi connectivity index (χ0) is 16.2. The van der Waals surface area contributed by atoms with E-state index < -0.39 is 0 Å². The zero-order valence-corrected chi connectivity index (χ0v) is 13.0. The monoisotopic (exact) mass is 316 g/mol. The molecule has 1 fully saturated rings. The Kier molecular flexibility index (Phi) is 4.59. The van der Waals surface area contributed by atoms with Gasteiger partial charge in [-0.05, 0) is 31.2 Å². The van der Waals surface area contributed by atoms with E-state index in [9.17, 15) is 4.79 Å². The molecule has 0 spiro atoms. The van der Waals surface area contributed by atoms with Crippen LogP contribution in [0.4, 0.5) is 11.4 Å². The van der Waals surface area contributed by atoms with Crippen molar-refractivity contribution in [1.82, 2.24) is 4.98 Å². The maximum absolute atomic E-state index is 12.1. The number of morpholine rings is 1. The third-order valence-corrected chi connectivity index (χ3v) is 3.65. The summed E-state index contributed by atoms with van der Waals surface area (Å²) in [5.41, 5.74) is 7.71. The van der Waals surface area contributed by atoms with Gasteiger partial charge < -0.3 is 25.1 Å². The summed E-state index contributed by atoms with van der Waals surface area (Å²) in [6.07, 6.45) is 1.32. The summed E-state index contributed by atoms with van der Waals surface area (Å²) < 4.78 is 10.5. The predicted octanol–water partition coefficient (Wildman–Crippen LogP) is 1.78. The smallest absolute Gasteiger partial charge is 0.277 e. The first-order valence-electron chi connectivity index (χ1n) is 7.58. The highest BCUT2D eigenvalue weighted by molar-refractivity contribution is 6.02. The van der Waals surface area contributed by atoms with Gasteiger partial charge in [-0.15, -0.1) is 0 Å². The number of carbonyl (C=O) groups excluding carboxylic acids is 1. The Bertz CT molecular complexity index is 660. The molecule has 0 aliphatic carbocycles. The van der Waals surface area contributed by atoms with E-state index in [0.29, 0.717) is 11.6 Å². The largest absolute Gasteiger partial charge is 0.446 e. The van der Waals surface area contributed by atoms with Crippen LogP contribution in [0.25, 0.3) is 0 Å². The number of nitrogens with one attached hydrogen (secondary N) is 1. The molecule has 2 heterocycles. The molecule has 1 aliphatic rings. The Morgan fingerprint density at radius 1 is 1.30 bits per heavy atom. The van der Waals surface area contributed by atoms with Gasteiger partial charge in [0, 0.05) is 24.5 Å². The van der Waals surface area contributed by atoms with Crippen molar-refractivity contribution in [2.45, 2.75) is 13.0 Å². The van der Waals surface area contributed by atoms with E-state index in [1.807, 2.05) is 24.3 Å². The van der Waals surface area contributed by atoms with Crippen LogP contribution in [-0.4, -0.2) is 37.2 Å². The average molecular weight is 316 g/mol. The lowest BCUT2D eigenvalue weighted by molar-refractivity contribution is 0.102. The number of oxazole rings is 1. The maximum atomic E-state index is 12.1. The van der Waals surface area contributed by atoms with E-state index in [4.69, 9.17) is 14.9 Å². The number of anilines is 2. The summed E-state index contributed by atoms with van der Waals surface area (Å²) in [6.45, 7) is 4.99. The van der Waals surface area contributed by atoms with Crippen LogP contribution < -0.4 is 16.0 Å². The minimum absolute atomic E-state index is 0.217. The molecule has 1 amide bonds. The molecule has 3 rings (SSSR count). The molecule has 3 N–H and O–H groups in total. The highest BCUT2D eigenvalue weighted by Crippen LogP contribution is 2.19. The van der Waals surface area contributed by atoms with E-state index in [1.54, 1.807) is 6.92 Å². The van der Waals surface area contributed by atoms with E-state index in [0.717, 1.165) is 32.0 Å². The van der Waals surface area contributed by atoms with Crippen molar-refractivity contribution >= 4 is 17.3 Å². The van der Waals surface area contributed by atoms with Crippen LogP contribution in [-0.2, 0) is 4.74 Å². The van der Waals surface area contributed by atoms with Crippen molar-refractivity contribution in [1.29, 1.82) is 0 Å². The summed E-state index contributed by atoms with van der Waals surface area (Å²) >= 11 is 0. The van der Waals surface area contributed by atoms with E-state index in [2.05, 4.69) is 15.2 Å². The SMILES string of the molecule is CC(N)c1nc(C(=O)Nc2ccc(N3CCOCC3)cc2)co1. The molecule has 1 aliphatic heterocycles. The van der Waals surface area contributed by atoms with Crippen LogP contribution in [0.1, 0.15) is 29.3 Å². The summed E-state index contributed by atoms with van der Waals surface area (Å²) in [7, 11) is 0. The number of benzene rings is 1. The fraction of sp³-hybridized carbons (Fsp3) is 0.375. The van der Waals surface area contributed by atoms with Gasteiger partial charge in [-0.25, -0.2) is 4.98 Å². The van der Waals surface area contributed by atoms with Crippen molar-refractivity contribution in [2.75, 3.05) is 36.5 Å². The minimum Gasteiger partial charge on any atom is -0.446 e. The Morgan fingerprint density at radius 2 is 2.00 bits per heavy atom. The summed E-state index contributed by atoms with van der Waals surface area (Å²) in [4.78, 5) is 18.5. The van der Waals surface area contributed by atoms with Crippen molar-refractivity contribution < 1.29 is 13.9 Å². The summed E-state index contributed by atoms with van der Waals surface area (Å²) in [5, 5.41) is 2.80. The van der Waals surface area contributed by atoms with Crippen molar-refractivity contribution in [3.8, 4) is 0 Å².